The summed E-state index contributed by atoms with van der Waals surface area (Å²) in [7, 11) is 0. The van der Waals surface area contributed by atoms with Gasteiger partial charge in [-0.1, -0.05) is 32.0 Å². The molecule has 0 aliphatic heterocycles. The Hall–Kier alpha value is -1.82. The Morgan fingerprint density at radius 3 is 2.64 bits per heavy atom. The molecule has 118 valence electrons. The Labute approximate surface area is 135 Å². The number of rotatable bonds is 8. The number of ether oxygens (including phenoxy) is 1. The monoisotopic (exact) mass is 318 g/mol. The number of unbranched alkanes of at least 4 members (excludes halogenated alkanes) is 1. The molecule has 1 heterocycles. The van der Waals surface area contributed by atoms with E-state index in [1.165, 1.54) is 11.8 Å². The molecule has 0 fully saturated rings. The largest absolute Gasteiger partial charge is 0.494 e. The van der Waals surface area contributed by atoms with Crippen molar-refractivity contribution in [2.45, 2.75) is 38.3 Å². The van der Waals surface area contributed by atoms with Gasteiger partial charge in [-0.2, -0.15) is 9.78 Å². The van der Waals surface area contributed by atoms with Crippen molar-refractivity contribution in [2.24, 2.45) is 5.10 Å². The molecule has 0 atom stereocenters. The van der Waals surface area contributed by atoms with E-state index in [1.54, 1.807) is 4.68 Å². The van der Waals surface area contributed by atoms with E-state index < -0.39 is 0 Å². The third-order valence-corrected chi connectivity index (χ3v) is 3.76. The molecule has 0 spiro atoms. The molecular weight excluding hydrogens is 296 g/mol. The molecule has 2 rings (SSSR count). The summed E-state index contributed by atoms with van der Waals surface area (Å²) in [5.74, 6) is 1.76. The number of aromatic nitrogens is 3. The van der Waals surface area contributed by atoms with Crippen LogP contribution in [-0.4, -0.2) is 34.0 Å². The predicted octanol–water partition coefficient (Wildman–Crippen LogP) is 3.62. The summed E-state index contributed by atoms with van der Waals surface area (Å²) in [6.45, 7) is 4.96. The van der Waals surface area contributed by atoms with Crippen molar-refractivity contribution in [1.82, 2.24) is 14.9 Å². The van der Waals surface area contributed by atoms with Crippen LogP contribution in [0.25, 0.3) is 0 Å². The molecule has 6 heteroatoms. The fourth-order valence-electron chi connectivity index (χ4n) is 1.87. The number of hydrogen-bond donors (Lipinski definition) is 0. The zero-order valence-corrected chi connectivity index (χ0v) is 14.1. The van der Waals surface area contributed by atoms with Gasteiger partial charge in [0.2, 0.25) is 5.16 Å². The Balaban J connectivity index is 2.05. The average molecular weight is 318 g/mol. The average Bonchev–Trinajstić information content (AvgIpc) is 2.96. The molecule has 2 aromatic rings. The Kier molecular flexibility index (Phi) is 6.45. The summed E-state index contributed by atoms with van der Waals surface area (Å²) in [6.07, 6.45) is 6.81. The first-order valence-electron chi connectivity index (χ1n) is 7.54. The van der Waals surface area contributed by atoms with E-state index in [9.17, 15) is 0 Å². The van der Waals surface area contributed by atoms with Crippen LogP contribution in [0.15, 0.2) is 34.5 Å². The van der Waals surface area contributed by atoms with Crippen LogP contribution in [0.4, 0.5) is 0 Å². The normalized spacial score (nSPS) is 11.2. The second-order valence-corrected chi connectivity index (χ2v) is 5.56. The van der Waals surface area contributed by atoms with Gasteiger partial charge in [0.05, 0.1) is 12.8 Å². The maximum absolute atomic E-state index is 5.65. The molecule has 1 aromatic heterocycles. The van der Waals surface area contributed by atoms with Gasteiger partial charge in [-0.25, -0.2) is 0 Å². The van der Waals surface area contributed by atoms with Crippen LogP contribution in [0.3, 0.4) is 0 Å². The van der Waals surface area contributed by atoms with Crippen LogP contribution >= 0.6 is 11.8 Å². The predicted molar refractivity (Wildman–Crippen MR) is 91.0 cm³/mol. The van der Waals surface area contributed by atoms with Crippen LogP contribution in [-0.2, 0) is 6.42 Å². The van der Waals surface area contributed by atoms with Crippen molar-refractivity contribution in [2.75, 3.05) is 12.9 Å². The van der Waals surface area contributed by atoms with E-state index in [0.717, 1.165) is 48.2 Å². The van der Waals surface area contributed by atoms with Gasteiger partial charge >= 0.3 is 0 Å². The summed E-state index contributed by atoms with van der Waals surface area (Å²) in [6, 6.07) is 7.94. The first kappa shape index (κ1) is 16.5. The van der Waals surface area contributed by atoms with Gasteiger partial charge in [0.1, 0.15) is 5.75 Å². The van der Waals surface area contributed by atoms with Crippen molar-refractivity contribution >= 4 is 18.0 Å². The molecule has 0 unspecified atom stereocenters. The van der Waals surface area contributed by atoms with Crippen molar-refractivity contribution in [3.63, 3.8) is 0 Å². The van der Waals surface area contributed by atoms with Crippen molar-refractivity contribution in [3.05, 3.63) is 35.7 Å². The molecule has 1 aromatic carbocycles. The maximum Gasteiger partial charge on any atom is 0.211 e. The van der Waals surface area contributed by atoms with Gasteiger partial charge in [0.25, 0.3) is 0 Å². The van der Waals surface area contributed by atoms with Crippen LogP contribution in [0.1, 0.15) is 38.1 Å². The Bertz CT molecular complexity index is 586. The van der Waals surface area contributed by atoms with Crippen LogP contribution in [0, 0.1) is 0 Å². The van der Waals surface area contributed by atoms with E-state index in [-0.39, 0.29) is 0 Å². The lowest BCUT2D eigenvalue weighted by molar-refractivity contribution is 0.309. The first-order chi connectivity index (χ1) is 10.8. The second-order valence-electron chi connectivity index (χ2n) is 4.78. The first-order valence-corrected chi connectivity index (χ1v) is 8.76. The minimum Gasteiger partial charge on any atom is -0.494 e. The Morgan fingerprint density at radius 1 is 1.23 bits per heavy atom. The summed E-state index contributed by atoms with van der Waals surface area (Å²) in [5.41, 5.74) is 1.02. The van der Waals surface area contributed by atoms with Gasteiger partial charge < -0.3 is 4.74 Å². The molecule has 0 saturated heterocycles. The third-order valence-electron chi connectivity index (χ3n) is 3.14. The van der Waals surface area contributed by atoms with Gasteiger partial charge in [0, 0.05) is 6.42 Å². The quantitative estimate of drug-likeness (QED) is 0.424. The summed E-state index contributed by atoms with van der Waals surface area (Å²) >= 11 is 1.54. The summed E-state index contributed by atoms with van der Waals surface area (Å²) in [4.78, 5) is 0. The van der Waals surface area contributed by atoms with E-state index >= 15 is 0 Å². The fourth-order valence-corrected chi connectivity index (χ4v) is 2.32. The fraction of sp³-hybridized carbons (Fsp3) is 0.438. The van der Waals surface area contributed by atoms with Crippen molar-refractivity contribution in [3.8, 4) is 5.75 Å². The number of benzene rings is 1. The molecule has 0 N–H and O–H groups in total. The van der Waals surface area contributed by atoms with Gasteiger partial charge in [-0.15, -0.1) is 10.2 Å². The van der Waals surface area contributed by atoms with Crippen LogP contribution in [0.2, 0.25) is 0 Å². The molecular formula is C16H22N4OS. The second kappa shape index (κ2) is 8.58. The highest BCUT2D eigenvalue weighted by atomic mass is 32.2. The lowest BCUT2D eigenvalue weighted by Crippen LogP contribution is -1.99. The molecule has 0 bridgehead atoms. The van der Waals surface area contributed by atoms with Crippen LogP contribution in [0.5, 0.6) is 5.75 Å². The number of hydrogen-bond acceptors (Lipinski definition) is 5. The minimum absolute atomic E-state index is 0.765. The summed E-state index contributed by atoms with van der Waals surface area (Å²) in [5, 5.41) is 13.5. The third kappa shape index (κ3) is 4.34. The number of nitrogens with zero attached hydrogens (tertiary/aromatic N) is 4. The van der Waals surface area contributed by atoms with Crippen molar-refractivity contribution in [1.29, 1.82) is 0 Å². The van der Waals surface area contributed by atoms with E-state index in [1.807, 2.05) is 43.7 Å². The molecule has 0 aliphatic rings. The maximum atomic E-state index is 5.65. The van der Waals surface area contributed by atoms with Gasteiger partial charge in [-0.3, -0.25) is 0 Å². The molecule has 5 nitrogen and oxygen atoms in total. The lowest BCUT2D eigenvalue weighted by atomic mass is 10.2. The SMILES string of the molecule is CCCCOc1ccc(/C=N\n2c(CC)nnc2SC)cc1. The minimum atomic E-state index is 0.765. The smallest absolute Gasteiger partial charge is 0.211 e. The highest BCUT2D eigenvalue weighted by Crippen LogP contribution is 2.15. The lowest BCUT2D eigenvalue weighted by Gasteiger charge is -2.05. The van der Waals surface area contributed by atoms with E-state index in [4.69, 9.17) is 4.74 Å². The zero-order chi connectivity index (χ0) is 15.8. The van der Waals surface area contributed by atoms with Crippen LogP contribution < -0.4 is 4.74 Å². The molecule has 0 aliphatic carbocycles. The van der Waals surface area contributed by atoms with Gasteiger partial charge in [0.15, 0.2) is 5.82 Å². The zero-order valence-electron chi connectivity index (χ0n) is 13.3. The standard InChI is InChI=1S/C16H22N4OS/c1-4-6-11-21-14-9-7-13(8-10-14)12-17-20-15(5-2)18-19-16(20)22-3/h7-10,12H,4-6,11H2,1-3H3/b17-12-. The number of aryl methyl sites for hydroxylation is 1. The van der Waals surface area contributed by atoms with Crippen molar-refractivity contribution < 1.29 is 4.74 Å². The number of thioether (sulfide) groups is 1. The topological polar surface area (TPSA) is 52.3 Å². The summed E-state index contributed by atoms with van der Waals surface area (Å²) < 4.78 is 7.44. The van der Waals surface area contributed by atoms with E-state index in [0.29, 0.717) is 0 Å². The Morgan fingerprint density at radius 2 is 2.00 bits per heavy atom. The molecule has 0 amide bonds. The molecule has 0 radical (unpaired) electrons. The highest BCUT2D eigenvalue weighted by Gasteiger charge is 2.07. The highest BCUT2D eigenvalue weighted by molar-refractivity contribution is 7.98. The molecule has 0 saturated carbocycles. The molecule has 22 heavy (non-hydrogen) atoms. The van der Waals surface area contributed by atoms with Gasteiger partial charge in [-0.05, 0) is 42.5 Å². The van der Waals surface area contributed by atoms with E-state index in [2.05, 4.69) is 22.2 Å².